The number of hydrogen-bond acceptors (Lipinski definition) is 6. The lowest BCUT2D eigenvalue weighted by molar-refractivity contribution is -0.118. The van der Waals surface area contributed by atoms with Gasteiger partial charge in [-0.2, -0.15) is 0 Å². The summed E-state index contributed by atoms with van der Waals surface area (Å²) >= 11 is 1.40. The zero-order valence-electron chi connectivity index (χ0n) is 15.2. The van der Waals surface area contributed by atoms with Crippen molar-refractivity contribution >= 4 is 40.0 Å². The highest BCUT2D eigenvalue weighted by Gasteiger charge is 2.32. The number of anilines is 2. The Balaban J connectivity index is 1.43. The van der Waals surface area contributed by atoms with E-state index in [1.807, 2.05) is 35.7 Å². The van der Waals surface area contributed by atoms with Crippen molar-refractivity contribution in [2.45, 2.75) is 0 Å². The maximum Gasteiger partial charge on any atom is 0.262 e. The number of ether oxygens (including phenoxy) is 1. The third-order valence-electron chi connectivity index (χ3n) is 4.80. The number of benzene rings is 2. The standard InChI is InChI=1S/C21H16N4O3S/c22-20-19(21-24-15(11-29-21)12-4-2-1-3-5-12)16(26)9-25(20)13-6-7-14-17(8-13)28-10-18(27)23-14/h1-8,11,22,26H,9-10H2,(H,23,27). The maximum atomic E-state index is 11.4. The van der Waals surface area contributed by atoms with E-state index in [0.29, 0.717) is 27.7 Å². The summed E-state index contributed by atoms with van der Waals surface area (Å²) in [5.74, 6) is 0.634. The van der Waals surface area contributed by atoms with Gasteiger partial charge < -0.3 is 20.1 Å². The SMILES string of the molecule is N=C1C(c2nc(-c3ccccc3)cs2)=C(O)CN1c1ccc2c(c1)OCC(=O)N2. The van der Waals surface area contributed by atoms with Crippen LogP contribution in [-0.4, -0.2) is 35.0 Å². The molecule has 1 aromatic heterocycles. The molecule has 5 rings (SSSR count). The number of thiazole rings is 1. The van der Waals surface area contributed by atoms with Gasteiger partial charge in [0.25, 0.3) is 5.91 Å². The number of fused-ring (bicyclic) bond motifs is 1. The fraction of sp³-hybridized carbons (Fsp3) is 0.0952. The van der Waals surface area contributed by atoms with Crippen LogP contribution < -0.4 is 15.0 Å². The molecule has 0 saturated heterocycles. The minimum absolute atomic E-state index is 0.0377. The van der Waals surface area contributed by atoms with E-state index in [1.54, 1.807) is 23.1 Å². The monoisotopic (exact) mass is 404 g/mol. The van der Waals surface area contributed by atoms with Crippen molar-refractivity contribution in [2.75, 3.05) is 23.4 Å². The lowest BCUT2D eigenvalue weighted by atomic mass is 10.2. The quantitative estimate of drug-likeness (QED) is 0.615. The Morgan fingerprint density at radius 3 is 2.86 bits per heavy atom. The average molecular weight is 404 g/mol. The van der Waals surface area contributed by atoms with Gasteiger partial charge in [-0.05, 0) is 12.1 Å². The molecule has 0 fully saturated rings. The van der Waals surface area contributed by atoms with Gasteiger partial charge in [-0.25, -0.2) is 4.98 Å². The Morgan fingerprint density at radius 1 is 1.21 bits per heavy atom. The zero-order chi connectivity index (χ0) is 20.0. The first kappa shape index (κ1) is 17.4. The molecule has 2 aromatic carbocycles. The van der Waals surface area contributed by atoms with Crippen LogP contribution in [0.15, 0.2) is 59.7 Å². The lowest BCUT2D eigenvalue weighted by Gasteiger charge is -2.23. The molecule has 144 valence electrons. The number of aromatic nitrogens is 1. The predicted octanol–water partition coefficient (Wildman–Crippen LogP) is 3.91. The fourth-order valence-corrected chi connectivity index (χ4v) is 4.28. The minimum Gasteiger partial charge on any atom is -0.510 e. The van der Waals surface area contributed by atoms with Gasteiger partial charge in [0, 0.05) is 22.7 Å². The molecule has 1 amide bonds. The van der Waals surface area contributed by atoms with Crippen LogP contribution in [0.4, 0.5) is 11.4 Å². The van der Waals surface area contributed by atoms with E-state index in [-0.39, 0.29) is 30.7 Å². The molecule has 7 nitrogen and oxygen atoms in total. The van der Waals surface area contributed by atoms with Crippen molar-refractivity contribution in [3.63, 3.8) is 0 Å². The summed E-state index contributed by atoms with van der Waals surface area (Å²) < 4.78 is 5.47. The summed E-state index contributed by atoms with van der Waals surface area (Å²) in [5.41, 5.74) is 3.54. The second-order valence-electron chi connectivity index (χ2n) is 6.68. The predicted molar refractivity (Wildman–Crippen MR) is 113 cm³/mol. The van der Waals surface area contributed by atoms with E-state index >= 15 is 0 Å². The third kappa shape index (κ3) is 3.03. The number of hydrogen-bond donors (Lipinski definition) is 3. The van der Waals surface area contributed by atoms with Crippen molar-refractivity contribution in [3.8, 4) is 17.0 Å². The molecule has 2 aliphatic rings. The van der Waals surface area contributed by atoms with E-state index in [1.165, 1.54) is 11.3 Å². The van der Waals surface area contributed by atoms with Crippen molar-refractivity contribution in [1.82, 2.24) is 4.98 Å². The number of carbonyl (C=O) groups excluding carboxylic acids is 1. The molecule has 3 N–H and O–H groups in total. The average Bonchev–Trinajstić information content (AvgIpc) is 3.32. The zero-order valence-corrected chi connectivity index (χ0v) is 16.0. The van der Waals surface area contributed by atoms with Crippen LogP contribution in [0, 0.1) is 5.41 Å². The number of aliphatic hydroxyl groups is 1. The Hall–Kier alpha value is -3.65. The number of nitrogens with zero attached hydrogens (tertiary/aromatic N) is 2. The first-order valence-electron chi connectivity index (χ1n) is 8.97. The van der Waals surface area contributed by atoms with E-state index < -0.39 is 0 Å². The van der Waals surface area contributed by atoms with Gasteiger partial charge in [0.1, 0.15) is 22.4 Å². The minimum atomic E-state index is -0.196. The second-order valence-corrected chi connectivity index (χ2v) is 7.54. The van der Waals surface area contributed by atoms with E-state index in [4.69, 9.17) is 10.1 Å². The summed E-state index contributed by atoms with van der Waals surface area (Å²) in [4.78, 5) is 17.8. The van der Waals surface area contributed by atoms with Crippen LogP contribution in [0.1, 0.15) is 5.01 Å². The molecule has 0 saturated carbocycles. The molecule has 0 aliphatic carbocycles. The summed E-state index contributed by atoms with van der Waals surface area (Å²) in [5, 5.41) is 24.5. The highest BCUT2D eigenvalue weighted by Crippen LogP contribution is 2.37. The molecule has 8 heteroatoms. The van der Waals surface area contributed by atoms with E-state index in [0.717, 1.165) is 11.3 Å². The van der Waals surface area contributed by atoms with Crippen molar-refractivity contribution in [2.24, 2.45) is 0 Å². The van der Waals surface area contributed by atoms with E-state index in [2.05, 4.69) is 10.3 Å². The summed E-state index contributed by atoms with van der Waals surface area (Å²) in [6.45, 7) is 0.142. The summed E-state index contributed by atoms with van der Waals surface area (Å²) in [6.07, 6.45) is 0. The molecule has 0 bridgehead atoms. The molecular weight excluding hydrogens is 388 g/mol. The van der Waals surface area contributed by atoms with Gasteiger partial charge in [0.05, 0.1) is 23.5 Å². The normalized spacial score (nSPS) is 15.9. The number of carbonyl (C=O) groups is 1. The molecule has 0 radical (unpaired) electrons. The molecule has 0 unspecified atom stereocenters. The van der Waals surface area contributed by atoms with Crippen molar-refractivity contribution in [3.05, 3.63) is 64.7 Å². The third-order valence-corrected chi connectivity index (χ3v) is 5.66. The number of rotatable bonds is 3. The van der Waals surface area contributed by atoms with Crippen molar-refractivity contribution < 1.29 is 14.6 Å². The van der Waals surface area contributed by atoms with Crippen LogP contribution in [-0.2, 0) is 4.79 Å². The highest BCUT2D eigenvalue weighted by atomic mass is 32.1. The van der Waals surface area contributed by atoms with Crippen LogP contribution in [0.25, 0.3) is 16.8 Å². The van der Waals surface area contributed by atoms with Crippen LogP contribution >= 0.6 is 11.3 Å². The second kappa shape index (κ2) is 6.75. The maximum absolute atomic E-state index is 11.4. The number of nitrogens with one attached hydrogen (secondary N) is 2. The Labute approximate surface area is 170 Å². The Kier molecular flexibility index (Phi) is 4.06. The Bertz CT molecular complexity index is 1170. The Morgan fingerprint density at radius 2 is 2.03 bits per heavy atom. The van der Waals surface area contributed by atoms with Gasteiger partial charge in [-0.3, -0.25) is 10.2 Å². The molecule has 2 aliphatic heterocycles. The fourth-order valence-electron chi connectivity index (χ4n) is 3.39. The first-order valence-corrected chi connectivity index (χ1v) is 9.85. The highest BCUT2D eigenvalue weighted by molar-refractivity contribution is 7.11. The van der Waals surface area contributed by atoms with Gasteiger partial charge in [0.15, 0.2) is 6.61 Å². The molecule has 0 atom stereocenters. The summed E-state index contributed by atoms with van der Waals surface area (Å²) in [7, 11) is 0. The first-order chi connectivity index (χ1) is 14.1. The smallest absolute Gasteiger partial charge is 0.262 e. The van der Waals surface area contributed by atoms with Gasteiger partial charge in [0.2, 0.25) is 0 Å². The number of aliphatic hydroxyl groups excluding tert-OH is 1. The molecule has 3 heterocycles. The van der Waals surface area contributed by atoms with Gasteiger partial charge in [-0.15, -0.1) is 11.3 Å². The topological polar surface area (TPSA) is 98.5 Å². The van der Waals surface area contributed by atoms with Gasteiger partial charge >= 0.3 is 0 Å². The van der Waals surface area contributed by atoms with Crippen LogP contribution in [0.3, 0.4) is 0 Å². The van der Waals surface area contributed by atoms with Crippen molar-refractivity contribution in [1.29, 1.82) is 5.41 Å². The van der Waals surface area contributed by atoms with Crippen LogP contribution in [0.5, 0.6) is 5.75 Å². The summed E-state index contributed by atoms with van der Waals surface area (Å²) in [6, 6.07) is 15.1. The largest absolute Gasteiger partial charge is 0.510 e. The molecule has 3 aromatic rings. The molecular formula is C21H16N4O3S. The van der Waals surface area contributed by atoms with Crippen LogP contribution in [0.2, 0.25) is 0 Å². The van der Waals surface area contributed by atoms with Gasteiger partial charge in [-0.1, -0.05) is 30.3 Å². The molecule has 29 heavy (non-hydrogen) atoms. The lowest BCUT2D eigenvalue weighted by Crippen LogP contribution is -2.28. The van der Waals surface area contributed by atoms with E-state index in [9.17, 15) is 9.90 Å². The molecule has 0 spiro atoms. The number of amides is 1. The number of amidine groups is 1.